The Hall–Kier alpha value is -3.11. The van der Waals surface area contributed by atoms with Gasteiger partial charge in [-0.3, -0.25) is 4.79 Å². The summed E-state index contributed by atoms with van der Waals surface area (Å²) in [5, 5.41) is 0.217. The Morgan fingerprint density at radius 3 is 2.79 bits per heavy atom. The van der Waals surface area contributed by atoms with Crippen LogP contribution in [0.1, 0.15) is 30.7 Å². The molecule has 0 unspecified atom stereocenters. The van der Waals surface area contributed by atoms with Gasteiger partial charge in [0.15, 0.2) is 17.3 Å². The number of nitrogens with two attached hydrogens (primary N) is 1. The zero-order valence-electron chi connectivity index (χ0n) is 16.0. The van der Waals surface area contributed by atoms with Crippen LogP contribution in [0.4, 0.5) is 0 Å². The second-order valence-corrected chi connectivity index (χ2v) is 6.85. The van der Waals surface area contributed by atoms with Crippen molar-refractivity contribution in [2.75, 3.05) is 20.8 Å². The average Bonchev–Trinajstić information content (AvgIpc) is 2.71. The van der Waals surface area contributed by atoms with Crippen LogP contribution in [0.5, 0.6) is 11.5 Å². The molecule has 0 bridgehead atoms. The number of esters is 1. The Bertz CT molecular complexity index is 972. The van der Waals surface area contributed by atoms with Crippen molar-refractivity contribution in [1.82, 2.24) is 0 Å². The quantitative estimate of drug-likeness (QED) is 0.581. The number of ether oxygens (including phenoxy) is 4. The number of carbonyl (C=O) groups is 2. The van der Waals surface area contributed by atoms with Gasteiger partial charge in [0.1, 0.15) is 17.9 Å². The highest BCUT2D eigenvalue weighted by atomic mass is 35.5. The van der Waals surface area contributed by atoms with E-state index in [1.807, 2.05) is 0 Å². The summed E-state index contributed by atoms with van der Waals surface area (Å²) in [6.07, 6.45) is 6.79. The minimum absolute atomic E-state index is 0.000738. The lowest BCUT2D eigenvalue weighted by Gasteiger charge is -2.32. The number of allylic oxidation sites excluding steroid dienone is 2. The van der Waals surface area contributed by atoms with Gasteiger partial charge in [-0.1, -0.05) is 17.5 Å². The molecular weight excluding hydrogens is 398 g/mol. The summed E-state index contributed by atoms with van der Waals surface area (Å²) in [6, 6.07) is 3.23. The van der Waals surface area contributed by atoms with Gasteiger partial charge in [-0.05, 0) is 24.1 Å². The second-order valence-electron chi connectivity index (χ2n) is 6.45. The minimum Gasteiger partial charge on any atom is -0.493 e. The molecule has 1 aromatic rings. The molecule has 0 saturated heterocycles. The molecule has 0 saturated carbocycles. The molecule has 8 heteroatoms. The first kappa shape index (κ1) is 20.6. The highest BCUT2D eigenvalue weighted by molar-refractivity contribution is 6.32. The number of methoxy groups -OCH3 is 2. The first-order valence-electron chi connectivity index (χ1n) is 8.88. The van der Waals surface area contributed by atoms with Crippen molar-refractivity contribution in [3.8, 4) is 23.8 Å². The standard InChI is InChI=1S/C21H20ClNO6/c1-4-8-28-19-12(22)9-11(10-15(19)26-2)16-17-13(24)6-5-7-14(17)29-20(23)18(16)21(25)27-3/h1,9-10,16H,5-8,23H2,2-3H3/t16-/m1/s1. The third kappa shape index (κ3) is 3.76. The maximum Gasteiger partial charge on any atom is 0.340 e. The predicted octanol–water partition coefficient (Wildman–Crippen LogP) is 2.82. The molecule has 2 aliphatic rings. The van der Waals surface area contributed by atoms with Crippen LogP contribution < -0.4 is 15.2 Å². The van der Waals surface area contributed by atoms with E-state index in [2.05, 4.69) is 5.92 Å². The van der Waals surface area contributed by atoms with E-state index in [4.69, 9.17) is 42.7 Å². The van der Waals surface area contributed by atoms with Crippen LogP contribution in [0.2, 0.25) is 5.02 Å². The largest absolute Gasteiger partial charge is 0.493 e. The van der Waals surface area contributed by atoms with Crippen molar-refractivity contribution in [3.63, 3.8) is 0 Å². The molecule has 1 heterocycles. The topological polar surface area (TPSA) is 97.1 Å². The van der Waals surface area contributed by atoms with Gasteiger partial charge in [0.2, 0.25) is 5.88 Å². The first-order valence-corrected chi connectivity index (χ1v) is 9.26. The van der Waals surface area contributed by atoms with Crippen LogP contribution in [0.25, 0.3) is 0 Å². The summed E-state index contributed by atoms with van der Waals surface area (Å²) in [7, 11) is 2.68. The van der Waals surface area contributed by atoms with E-state index in [1.54, 1.807) is 12.1 Å². The molecule has 29 heavy (non-hydrogen) atoms. The molecule has 0 amide bonds. The van der Waals surface area contributed by atoms with Crippen molar-refractivity contribution in [3.05, 3.63) is 45.5 Å². The zero-order valence-corrected chi connectivity index (χ0v) is 16.8. The van der Waals surface area contributed by atoms with E-state index in [9.17, 15) is 9.59 Å². The number of hydrogen-bond donors (Lipinski definition) is 1. The lowest BCUT2D eigenvalue weighted by molar-refractivity contribution is -0.136. The van der Waals surface area contributed by atoms with Gasteiger partial charge in [-0.25, -0.2) is 4.79 Å². The van der Waals surface area contributed by atoms with Crippen molar-refractivity contribution >= 4 is 23.4 Å². The second kappa shape index (κ2) is 8.50. The molecule has 1 aromatic carbocycles. The van der Waals surface area contributed by atoms with E-state index in [0.717, 1.165) is 0 Å². The monoisotopic (exact) mass is 417 g/mol. The SMILES string of the molecule is C#CCOc1c(Cl)cc([C@H]2C(C(=O)OC)=C(N)OC3=C2C(=O)CCC3)cc1OC. The van der Waals surface area contributed by atoms with Crippen LogP contribution >= 0.6 is 11.6 Å². The Kier molecular flexibility index (Phi) is 6.04. The number of halogens is 1. The molecule has 2 N–H and O–H groups in total. The van der Waals surface area contributed by atoms with Gasteiger partial charge in [0.25, 0.3) is 0 Å². The fraction of sp³-hybridized carbons (Fsp3) is 0.333. The van der Waals surface area contributed by atoms with Gasteiger partial charge >= 0.3 is 5.97 Å². The molecule has 3 rings (SSSR count). The Morgan fingerprint density at radius 2 is 2.14 bits per heavy atom. The highest BCUT2D eigenvalue weighted by Gasteiger charge is 2.41. The molecule has 152 valence electrons. The molecule has 1 aliphatic carbocycles. The molecule has 0 spiro atoms. The summed E-state index contributed by atoms with van der Waals surface area (Å²) in [6.45, 7) is 0.000738. The normalized spacial score (nSPS) is 18.6. The van der Waals surface area contributed by atoms with Crippen LogP contribution in [-0.2, 0) is 19.1 Å². The maximum absolute atomic E-state index is 12.8. The van der Waals surface area contributed by atoms with E-state index < -0.39 is 11.9 Å². The number of benzene rings is 1. The van der Waals surface area contributed by atoms with Crippen molar-refractivity contribution in [1.29, 1.82) is 0 Å². The summed E-state index contributed by atoms with van der Waals surface area (Å²) < 4.78 is 21.4. The van der Waals surface area contributed by atoms with E-state index in [0.29, 0.717) is 41.9 Å². The Balaban J connectivity index is 2.21. The third-order valence-corrected chi connectivity index (χ3v) is 5.06. The van der Waals surface area contributed by atoms with Gasteiger partial charge in [0.05, 0.1) is 25.2 Å². The van der Waals surface area contributed by atoms with Crippen molar-refractivity contribution in [2.24, 2.45) is 5.73 Å². The molecule has 0 radical (unpaired) electrons. The van der Waals surface area contributed by atoms with Crippen LogP contribution in [-0.4, -0.2) is 32.6 Å². The lowest BCUT2D eigenvalue weighted by atomic mass is 9.77. The third-order valence-electron chi connectivity index (χ3n) is 4.77. The fourth-order valence-electron chi connectivity index (χ4n) is 3.56. The van der Waals surface area contributed by atoms with Crippen LogP contribution in [0.15, 0.2) is 34.9 Å². The van der Waals surface area contributed by atoms with Crippen LogP contribution in [0.3, 0.4) is 0 Å². The zero-order chi connectivity index (χ0) is 21.1. The smallest absolute Gasteiger partial charge is 0.340 e. The van der Waals surface area contributed by atoms with Crippen molar-refractivity contribution < 1.29 is 28.5 Å². The average molecular weight is 418 g/mol. The molecule has 1 atom stereocenters. The predicted molar refractivity (Wildman–Crippen MR) is 105 cm³/mol. The maximum atomic E-state index is 12.8. The Labute approximate surface area is 173 Å². The number of terminal acetylenes is 1. The Morgan fingerprint density at radius 1 is 1.38 bits per heavy atom. The van der Waals surface area contributed by atoms with Gasteiger partial charge in [-0.2, -0.15) is 0 Å². The summed E-state index contributed by atoms with van der Waals surface area (Å²) in [5.41, 5.74) is 6.98. The van der Waals surface area contributed by atoms with Crippen molar-refractivity contribution in [2.45, 2.75) is 25.2 Å². The van der Waals surface area contributed by atoms with Gasteiger partial charge < -0.3 is 24.7 Å². The fourth-order valence-corrected chi connectivity index (χ4v) is 3.83. The summed E-state index contributed by atoms with van der Waals surface area (Å²) in [4.78, 5) is 25.3. The highest BCUT2D eigenvalue weighted by Crippen LogP contribution is 2.47. The first-order chi connectivity index (χ1) is 13.9. The number of rotatable bonds is 5. The molecule has 0 aromatic heterocycles. The number of hydrogen-bond acceptors (Lipinski definition) is 7. The van der Waals surface area contributed by atoms with E-state index >= 15 is 0 Å². The van der Waals surface area contributed by atoms with Crippen LogP contribution in [0, 0.1) is 12.3 Å². The minimum atomic E-state index is -0.799. The summed E-state index contributed by atoms with van der Waals surface area (Å²) >= 11 is 6.41. The van der Waals surface area contributed by atoms with Gasteiger partial charge in [0, 0.05) is 18.4 Å². The lowest BCUT2D eigenvalue weighted by Crippen LogP contribution is -2.31. The van der Waals surface area contributed by atoms with E-state index in [1.165, 1.54) is 14.2 Å². The number of Topliss-reactive ketones (excluding diaryl/α,β-unsaturated/α-hetero) is 1. The molecular formula is C21H20ClNO6. The summed E-state index contributed by atoms with van der Waals surface area (Å²) in [5.74, 6) is 1.68. The number of ketones is 1. The molecule has 1 aliphatic heterocycles. The van der Waals surface area contributed by atoms with E-state index in [-0.39, 0.29) is 34.6 Å². The molecule has 7 nitrogen and oxygen atoms in total. The number of carbonyl (C=O) groups excluding carboxylic acids is 2. The van der Waals surface area contributed by atoms with Gasteiger partial charge in [-0.15, -0.1) is 6.42 Å². The molecule has 0 fully saturated rings.